The Morgan fingerprint density at radius 3 is 2.68 bits per heavy atom. The van der Waals surface area contributed by atoms with Crippen molar-refractivity contribution in [3.8, 4) is 11.5 Å². The molecule has 0 atom stereocenters. The molecule has 0 saturated heterocycles. The van der Waals surface area contributed by atoms with Crippen molar-refractivity contribution in [2.24, 2.45) is 0 Å². The molecule has 2 aromatic carbocycles. The molecule has 0 radical (unpaired) electrons. The van der Waals surface area contributed by atoms with Gasteiger partial charge in [-0.05, 0) is 48.4 Å². The van der Waals surface area contributed by atoms with Crippen LogP contribution in [-0.2, 0) is 0 Å². The van der Waals surface area contributed by atoms with Gasteiger partial charge in [-0.2, -0.15) is 0 Å². The fourth-order valence-electron chi connectivity index (χ4n) is 2.19. The molecule has 0 aromatic heterocycles. The zero-order valence-corrected chi connectivity index (χ0v) is 13.7. The van der Waals surface area contributed by atoms with Crippen LogP contribution in [0.3, 0.4) is 0 Å². The van der Waals surface area contributed by atoms with E-state index < -0.39 is 0 Å². The van der Waals surface area contributed by atoms with E-state index in [-0.39, 0.29) is 5.78 Å². The highest BCUT2D eigenvalue weighted by Crippen LogP contribution is 2.33. The van der Waals surface area contributed by atoms with E-state index in [4.69, 9.17) is 9.47 Å². The van der Waals surface area contributed by atoms with Crippen LogP contribution in [0.4, 0.5) is 0 Å². The first kappa shape index (κ1) is 14.9. The van der Waals surface area contributed by atoms with E-state index >= 15 is 0 Å². The lowest BCUT2D eigenvalue weighted by Gasteiger charge is -2.04. The molecule has 0 unspecified atom stereocenters. The van der Waals surface area contributed by atoms with Crippen molar-refractivity contribution in [2.45, 2.75) is 13.3 Å². The van der Waals surface area contributed by atoms with Crippen molar-refractivity contribution in [3.05, 3.63) is 63.8 Å². The summed E-state index contributed by atoms with van der Waals surface area (Å²) in [6.45, 7) is 2.77. The molecule has 0 bridgehead atoms. The second-order valence-corrected chi connectivity index (χ2v) is 5.91. The lowest BCUT2D eigenvalue weighted by Crippen LogP contribution is -1.98. The highest BCUT2D eigenvalue weighted by Gasteiger charge is 2.27. The Kier molecular flexibility index (Phi) is 4.29. The maximum Gasteiger partial charge on any atom is 0.232 e. The fourth-order valence-corrected chi connectivity index (χ4v) is 2.55. The third kappa shape index (κ3) is 3.07. The Hall–Kier alpha value is -2.07. The molecule has 1 aliphatic heterocycles. The van der Waals surface area contributed by atoms with Crippen molar-refractivity contribution < 1.29 is 14.3 Å². The molecule has 112 valence electrons. The number of hydrogen-bond donors (Lipinski definition) is 0. The third-order valence-corrected chi connectivity index (χ3v) is 3.77. The van der Waals surface area contributed by atoms with E-state index in [0.717, 1.165) is 22.2 Å². The standard InChI is InChI=1S/C18H15BrO3/c1-2-9-21-14-6-3-12(4-7-14)10-17-18(20)15-11-13(19)5-8-16(15)22-17/h3-8,10-11H,2,9H2,1H3/b17-10-. The van der Waals surface area contributed by atoms with Crippen molar-refractivity contribution in [3.63, 3.8) is 0 Å². The monoisotopic (exact) mass is 358 g/mol. The van der Waals surface area contributed by atoms with Crippen LogP contribution in [0.5, 0.6) is 11.5 Å². The average molecular weight is 359 g/mol. The van der Waals surface area contributed by atoms with Crippen LogP contribution in [0, 0.1) is 0 Å². The molecule has 3 nitrogen and oxygen atoms in total. The van der Waals surface area contributed by atoms with E-state index in [0.29, 0.717) is 23.7 Å². The smallest absolute Gasteiger partial charge is 0.232 e. The van der Waals surface area contributed by atoms with Crippen molar-refractivity contribution in [1.82, 2.24) is 0 Å². The first-order chi connectivity index (χ1) is 10.7. The number of carbonyl (C=O) groups is 1. The molecule has 22 heavy (non-hydrogen) atoms. The fraction of sp³-hybridized carbons (Fsp3) is 0.167. The van der Waals surface area contributed by atoms with Gasteiger partial charge in [0.2, 0.25) is 5.78 Å². The molecule has 3 rings (SSSR count). The summed E-state index contributed by atoms with van der Waals surface area (Å²) >= 11 is 3.37. The number of allylic oxidation sites excluding steroid dienone is 1. The summed E-state index contributed by atoms with van der Waals surface area (Å²) in [4.78, 5) is 12.3. The van der Waals surface area contributed by atoms with Gasteiger partial charge in [0, 0.05) is 4.47 Å². The van der Waals surface area contributed by atoms with Gasteiger partial charge in [-0.3, -0.25) is 4.79 Å². The number of hydrogen-bond acceptors (Lipinski definition) is 3. The Bertz CT molecular complexity index is 732. The third-order valence-electron chi connectivity index (χ3n) is 3.28. The van der Waals surface area contributed by atoms with Gasteiger partial charge < -0.3 is 9.47 Å². The van der Waals surface area contributed by atoms with Gasteiger partial charge in [-0.15, -0.1) is 0 Å². The molecule has 0 amide bonds. The number of halogens is 1. The summed E-state index contributed by atoms with van der Waals surface area (Å²) < 4.78 is 12.0. The first-order valence-electron chi connectivity index (χ1n) is 7.14. The van der Waals surface area contributed by atoms with Crippen molar-refractivity contribution in [1.29, 1.82) is 0 Å². The van der Waals surface area contributed by atoms with Gasteiger partial charge >= 0.3 is 0 Å². The summed E-state index contributed by atoms with van der Waals surface area (Å²) in [7, 11) is 0. The Balaban J connectivity index is 1.80. The van der Waals surface area contributed by atoms with Crippen LogP contribution in [0.25, 0.3) is 6.08 Å². The molecule has 1 aliphatic rings. The van der Waals surface area contributed by atoms with Crippen LogP contribution in [-0.4, -0.2) is 12.4 Å². The predicted molar refractivity (Wildman–Crippen MR) is 89.3 cm³/mol. The summed E-state index contributed by atoms with van der Waals surface area (Å²) in [6, 6.07) is 13.0. The molecule has 2 aromatic rings. The summed E-state index contributed by atoms with van der Waals surface area (Å²) in [6.07, 6.45) is 2.72. The lowest BCUT2D eigenvalue weighted by atomic mass is 10.1. The SMILES string of the molecule is CCCOc1ccc(/C=C2\Oc3ccc(Br)cc3C2=O)cc1. The molecule has 0 aliphatic carbocycles. The van der Waals surface area contributed by atoms with Crippen LogP contribution in [0.2, 0.25) is 0 Å². The number of rotatable bonds is 4. The van der Waals surface area contributed by atoms with Gasteiger partial charge in [-0.25, -0.2) is 0 Å². The number of benzene rings is 2. The van der Waals surface area contributed by atoms with E-state index in [1.54, 1.807) is 18.2 Å². The normalized spacial score (nSPS) is 14.8. The average Bonchev–Trinajstić information content (AvgIpc) is 2.83. The number of ketones is 1. The second-order valence-electron chi connectivity index (χ2n) is 5.00. The number of ether oxygens (including phenoxy) is 2. The Morgan fingerprint density at radius 1 is 1.18 bits per heavy atom. The summed E-state index contributed by atoms with van der Waals surface area (Å²) in [5.41, 5.74) is 1.49. The van der Waals surface area contributed by atoms with Gasteiger partial charge in [0.15, 0.2) is 5.76 Å². The van der Waals surface area contributed by atoms with Gasteiger partial charge in [0.05, 0.1) is 12.2 Å². The summed E-state index contributed by atoms with van der Waals surface area (Å²) in [5.74, 6) is 1.68. The van der Waals surface area contributed by atoms with Crippen LogP contribution < -0.4 is 9.47 Å². The van der Waals surface area contributed by atoms with Gasteiger partial charge in [0.1, 0.15) is 11.5 Å². The van der Waals surface area contributed by atoms with E-state index in [2.05, 4.69) is 22.9 Å². The summed E-state index contributed by atoms with van der Waals surface area (Å²) in [5, 5.41) is 0. The van der Waals surface area contributed by atoms with E-state index in [1.807, 2.05) is 30.3 Å². The quantitative estimate of drug-likeness (QED) is 0.732. The maximum absolute atomic E-state index is 12.3. The van der Waals surface area contributed by atoms with Crippen LogP contribution in [0.15, 0.2) is 52.7 Å². The van der Waals surface area contributed by atoms with Crippen molar-refractivity contribution >= 4 is 27.8 Å². The van der Waals surface area contributed by atoms with E-state index in [9.17, 15) is 4.79 Å². The molecule has 1 heterocycles. The van der Waals surface area contributed by atoms with Gasteiger partial charge in [0.25, 0.3) is 0 Å². The van der Waals surface area contributed by atoms with E-state index in [1.165, 1.54) is 0 Å². The predicted octanol–water partition coefficient (Wildman–Crippen LogP) is 4.85. The largest absolute Gasteiger partial charge is 0.494 e. The molecular formula is C18H15BrO3. The molecule has 0 saturated carbocycles. The lowest BCUT2D eigenvalue weighted by molar-refractivity contribution is 0.101. The molecule has 0 spiro atoms. The highest BCUT2D eigenvalue weighted by atomic mass is 79.9. The zero-order chi connectivity index (χ0) is 15.5. The topological polar surface area (TPSA) is 35.5 Å². The Labute approximate surface area is 137 Å². The number of carbonyl (C=O) groups excluding carboxylic acids is 1. The molecule has 0 fully saturated rings. The molecule has 4 heteroatoms. The minimum Gasteiger partial charge on any atom is -0.494 e. The second kappa shape index (κ2) is 6.36. The van der Waals surface area contributed by atoms with Crippen LogP contribution in [0.1, 0.15) is 29.3 Å². The van der Waals surface area contributed by atoms with Crippen molar-refractivity contribution in [2.75, 3.05) is 6.61 Å². The number of fused-ring (bicyclic) bond motifs is 1. The van der Waals surface area contributed by atoms with Gasteiger partial charge in [-0.1, -0.05) is 35.0 Å². The maximum atomic E-state index is 12.3. The molecule has 0 N–H and O–H groups in total. The zero-order valence-electron chi connectivity index (χ0n) is 12.1. The minimum absolute atomic E-state index is 0.0948. The highest BCUT2D eigenvalue weighted by molar-refractivity contribution is 9.10. The molecular weight excluding hydrogens is 344 g/mol. The number of Topliss-reactive ketones (excluding diaryl/α,β-unsaturated/α-hetero) is 1. The van der Waals surface area contributed by atoms with Crippen LogP contribution >= 0.6 is 15.9 Å². The Morgan fingerprint density at radius 2 is 1.95 bits per heavy atom. The minimum atomic E-state index is -0.0948. The first-order valence-corrected chi connectivity index (χ1v) is 7.93.